The molecule has 1 aromatic rings. The number of carbonyl (C=O) groups excluding carboxylic acids is 2. The number of fused-ring (bicyclic) bond motifs is 1. The highest BCUT2D eigenvalue weighted by atomic mass is 16.5. The molecule has 3 aliphatic heterocycles. The van der Waals surface area contributed by atoms with Crippen LogP contribution in [0.5, 0.6) is 0 Å². The van der Waals surface area contributed by atoms with Gasteiger partial charge in [-0.2, -0.15) is 9.78 Å². The fraction of sp³-hybridized carbons (Fsp3) is 0.364. The number of piperazine rings is 1. The lowest BCUT2D eigenvalue weighted by atomic mass is 10.1. The Morgan fingerprint density at radius 2 is 1.71 bits per heavy atom. The van der Waals surface area contributed by atoms with Gasteiger partial charge in [0.25, 0.3) is 11.5 Å². The van der Waals surface area contributed by atoms with E-state index in [0.717, 1.165) is 0 Å². The van der Waals surface area contributed by atoms with E-state index < -0.39 is 0 Å². The molecule has 9 heteroatoms. The zero-order valence-electron chi connectivity index (χ0n) is 17.7. The second kappa shape index (κ2) is 8.73. The lowest BCUT2D eigenvalue weighted by Crippen LogP contribution is -2.51. The van der Waals surface area contributed by atoms with Crippen LogP contribution in [0.2, 0.25) is 0 Å². The van der Waals surface area contributed by atoms with Crippen LogP contribution >= 0.6 is 0 Å². The van der Waals surface area contributed by atoms with E-state index in [2.05, 4.69) is 5.10 Å². The van der Waals surface area contributed by atoms with Crippen molar-refractivity contribution in [1.82, 2.24) is 24.1 Å². The number of amides is 2. The largest absolute Gasteiger partial charge is 0.375 e. The third-order valence-corrected chi connectivity index (χ3v) is 5.51. The Balaban J connectivity index is 1.66. The summed E-state index contributed by atoms with van der Waals surface area (Å²) in [7, 11) is 1.49. The van der Waals surface area contributed by atoms with Gasteiger partial charge < -0.3 is 19.1 Å². The molecule has 2 amide bonds. The number of carbonyl (C=O) groups is 2. The van der Waals surface area contributed by atoms with Crippen molar-refractivity contribution >= 4 is 11.8 Å². The monoisotopic (exact) mass is 423 g/mol. The van der Waals surface area contributed by atoms with Crippen molar-refractivity contribution in [3.8, 4) is 16.9 Å². The number of hydrogen-bond donors (Lipinski definition) is 0. The molecule has 1 fully saturated rings. The minimum atomic E-state index is -0.256. The highest BCUT2D eigenvalue weighted by molar-refractivity contribution is 6.00. The van der Waals surface area contributed by atoms with Gasteiger partial charge >= 0.3 is 0 Å². The summed E-state index contributed by atoms with van der Waals surface area (Å²) in [4.78, 5) is 41.8. The smallest absolute Gasteiger partial charge is 0.282 e. The molecule has 0 radical (unpaired) electrons. The Hall–Kier alpha value is -3.46. The molecule has 3 heterocycles. The number of hydrogen-bond acceptors (Lipinski definition) is 5. The summed E-state index contributed by atoms with van der Waals surface area (Å²) in [5.74, 6) is -0.275. The molecule has 1 saturated heterocycles. The average Bonchev–Trinajstić information content (AvgIpc) is 3.15. The fourth-order valence-corrected chi connectivity index (χ4v) is 3.79. The molecular formula is C22H25N5O4. The molecule has 162 valence electrons. The lowest BCUT2D eigenvalue weighted by molar-refractivity contribution is -0.136. The van der Waals surface area contributed by atoms with E-state index in [0.29, 0.717) is 55.2 Å². The van der Waals surface area contributed by atoms with Crippen LogP contribution < -0.4 is 5.56 Å². The summed E-state index contributed by atoms with van der Waals surface area (Å²) >= 11 is 0. The Morgan fingerprint density at radius 1 is 1.03 bits per heavy atom. The van der Waals surface area contributed by atoms with Gasteiger partial charge in [0.2, 0.25) is 5.91 Å². The number of methoxy groups -OCH3 is 1. The number of ether oxygens (including phenoxy) is 1. The second-order valence-corrected chi connectivity index (χ2v) is 7.42. The van der Waals surface area contributed by atoms with Crippen LogP contribution in [0.3, 0.4) is 0 Å². The van der Waals surface area contributed by atoms with Gasteiger partial charge in [-0.3, -0.25) is 14.4 Å². The van der Waals surface area contributed by atoms with Crippen LogP contribution in [-0.2, 0) is 16.1 Å². The molecule has 3 aliphatic rings. The summed E-state index contributed by atoms with van der Waals surface area (Å²) in [6.45, 7) is 4.33. The van der Waals surface area contributed by atoms with Gasteiger partial charge in [-0.25, -0.2) is 0 Å². The van der Waals surface area contributed by atoms with Gasteiger partial charge in [0.15, 0.2) is 0 Å². The molecule has 0 aromatic heterocycles. The molecule has 31 heavy (non-hydrogen) atoms. The molecule has 0 spiro atoms. The first kappa shape index (κ1) is 20.8. The number of pyridine rings is 1. The first-order chi connectivity index (χ1) is 15.0. The Kier molecular flexibility index (Phi) is 5.85. The molecule has 9 nitrogen and oxygen atoms in total. The number of rotatable bonds is 5. The van der Waals surface area contributed by atoms with Crippen LogP contribution in [0.4, 0.5) is 0 Å². The molecule has 0 aliphatic carbocycles. The maximum atomic E-state index is 13.4. The standard InChI is InChI=1S/C22H25N5O4/c1-3-24-13-17(21(29)26-11-9-25(10-12-26)19(28)15-31-2)20-18(14-24)22(30)27(23-20)16-7-5-4-6-8-16/h4-8,13-14H,3,9-12,15H2,1-2H3. The van der Waals surface area contributed by atoms with Crippen molar-refractivity contribution in [3.05, 3.63) is 58.6 Å². The Morgan fingerprint density at radius 3 is 2.35 bits per heavy atom. The molecule has 0 N–H and O–H groups in total. The highest BCUT2D eigenvalue weighted by Gasteiger charge is 2.30. The first-order valence-electron chi connectivity index (χ1n) is 10.3. The van der Waals surface area contributed by atoms with E-state index in [9.17, 15) is 14.4 Å². The van der Waals surface area contributed by atoms with E-state index in [1.165, 1.54) is 11.8 Å². The average molecular weight is 423 g/mol. The van der Waals surface area contributed by atoms with Crippen LogP contribution in [0.25, 0.3) is 16.9 Å². The topological polar surface area (TPSA) is 89.7 Å². The molecular weight excluding hydrogens is 398 g/mol. The molecule has 4 rings (SSSR count). The lowest BCUT2D eigenvalue weighted by Gasteiger charge is -2.34. The van der Waals surface area contributed by atoms with Crippen LogP contribution in [0, 0.1) is 0 Å². The van der Waals surface area contributed by atoms with Crippen molar-refractivity contribution in [2.24, 2.45) is 0 Å². The minimum absolute atomic E-state index is 0.0347. The van der Waals surface area contributed by atoms with Crippen molar-refractivity contribution in [2.75, 3.05) is 39.9 Å². The van der Waals surface area contributed by atoms with Crippen LogP contribution in [0.15, 0.2) is 47.5 Å². The van der Waals surface area contributed by atoms with Gasteiger partial charge in [0.05, 0.1) is 16.8 Å². The quantitative estimate of drug-likeness (QED) is 0.613. The molecule has 0 bridgehead atoms. The zero-order valence-corrected chi connectivity index (χ0v) is 17.7. The third kappa shape index (κ3) is 3.96. The van der Waals surface area contributed by atoms with Gasteiger partial charge in [-0.1, -0.05) is 18.2 Å². The number of nitrogens with zero attached hydrogens (tertiary/aromatic N) is 5. The summed E-state index contributed by atoms with van der Waals surface area (Å²) in [5.41, 5.74) is 1.58. The van der Waals surface area contributed by atoms with E-state index in [4.69, 9.17) is 4.74 Å². The number of aromatic nitrogens is 3. The zero-order chi connectivity index (χ0) is 22.0. The van der Waals surface area contributed by atoms with Gasteiger partial charge in [-0.05, 0) is 19.1 Å². The molecule has 1 aromatic carbocycles. The normalized spacial score (nSPS) is 14.3. The Labute approximate surface area is 179 Å². The van der Waals surface area contributed by atoms with E-state index >= 15 is 0 Å². The fourth-order valence-electron chi connectivity index (χ4n) is 3.79. The highest BCUT2D eigenvalue weighted by Crippen LogP contribution is 2.24. The molecule has 0 atom stereocenters. The SMILES string of the molecule is CCn1cc(C(=O)N2CCN(C(=O)COC)CC2)c2nn(-c3ccccc3)c(=O)c-2c1. The van der Waals surface area contributed by atoms with Gasteiger partial charge in [-0.15, -0.1) is 0 Å². The predicted octanol–water partition coefficient (Wildman–Crippen LogP) is 1.09. The maximum absolute atomic E-state index is 13.4. The number of para-hydroxylation sites is 1. The van der Waals surface area contributed by atoms with Crippen LogP contribution in [-0.4, -0.2) is 75.9 Å². The van der Waals surface area contributed by atoms with Crippen LogP contribution in [0.1, 0.15) is 17.3 Å². The number of aryl methyl sites for hydroxylation is 1. The Bertz CT molecular complexity index is 1110. The summed E-state index contributed by atoms with van der Waals surface area (Å²) in [5, 5.41) is 4.50. The minimum Gasteiger partial charge on any atom is -0.375 e. The summed E-state index contributed by atoms with van der Waals surface area (Å²) in [6.07, 6.45) is 3.48. The summed E-state index contributed by atoms with van der Waals surface area (Å²) in [6, 6.07) is 9.15. The van der Waals surface area contributed by atoms with Crippen molar-refractivity contribution < 1.29 is 14.3 Å². The first-order valence-corrected chi connectivity index (χ1v) is 10.3. The van der Waals surface area contributed by atoms with Crippen molar-refractivity contribution in [3.63, 3.8) is 0 Å². The number of benzene rings is 1. The van der Waals surface area contributed by atoms with Crippen molar-refractivity contribution in [1.29, 1.82) is 0 Å². The second-order valence-electron chi connectivity index (χ2n) is 7.42. The van der Waals surface area contributed by atoms with Gasteiger partial charge in [0, 0.05) is 52.2 Å². The van der Waals surface area contributed by atoms with E-state index in [1.54, 1.807) is 34.3 Å². The molecule has 0 saturated carbocycles. The predicted molar refractivity (Wildman–Crippen MR) is 114 cm³/mol. The third-order valence-electron chi connectivity index (χ3n) is 5.51. The van der Waals surface area contributed by atoms with Gasteiger partial charge in [0.1, 0.15) is 12.3 Å². The maximum Gasteiger partial charge on any atom is 0.282 e. The summed E-state index contributed by atoms with van der Waals surface area (Å²) < 4.78 is 8.07. The van der Waals surface area contributed by atoms with E-state index in [1.807, 2.05) is 29.7 Å². The molecule has 0 unspecified atom stereocenters. The van der Waals surface area contributed by atoms with E-state index in [-0.39, 0.29) is 24.0 Å². The van der Waals surface area contributed by atoms with Crippen molar-refractivity contribution in [2.45, 2.75) is 13.5 Å².